The first kappa shape index (κ1) is 12.4. The highest BCUT2D eigenvalue weighted by molar-refractivity contribution is 9.10. The molecule has 0 aromatic heterocycles. The number of rotatable bonds is 2. The zero-order valence-electron chi connectivity index (χ0n) is 10.5. The Morgan fingerprint density at radius 3 is 3.00 bits per heavy atom. The zero-order valence-corrected chi connectivity index (χ0v) is 12.1. The number of nitrogens with one attached hydrogen (secondary N) is 1. The third-order valence-corrected chi connectivity index (χ3v) is 4.83. The number of hydrogen-bond donors (Lipinski definition) is 1. The summed E-state index contributed by atoms with van der Waals surface area (Å²) in [6.07, 6.45) is 1.40. The molecule has 2 aliphatic rings. The maximum absolute atomic E-state index is 13.8. The lowest BCUT2D eigenvalue weighted by Crippen LogP contribution is -2.63. The standard InChI is InChI=1S/C14H17BrFNO/c1-14(2)12(9-5-6-18-13(9)14)17-11-7-8(15)3-4-10(11)16/h3-4,7,9,12-13,17H,5-6H2,1-2H3. The largest absolute Gasteiger partial charge is 0.379 e. The fraction of sp³-hybridized carbons (Fsp3) is 0.571. The van der Waals surface area contributed by atoms with Crippen LogP contribution in [0.1, 0.15) is 20.3 Å². The summed E-state index contributed by atoms with van der Waals surface area (Å²) in [6, 6.07) is 5.29. The lowest BCUT2D eigenvalue weighted by molar-refractivity contribution is -0.0923. The minimum atomic E-state index is -0.198. The SMILES string of the molecule is CC1(C)C(Nc2cc(Br)ccc2F)C2CCOC21. The van der Waals surface area contributed by atoms with Crippen molar-refractivity contribution in [3.63, 3.8) is 0 Å². The molecule has 98 valence electrons. The van der Waals surface area contributed by atoms with Gasteiger partial charge >= 0.3 is 0 Å². The molecule has 3 rings (SSSR count). The van der Waals surface area contributed by atoms with Crippen LogP contribution >= 0.6 is 15.9 Å². The van der Waals surface area contributed by atoms with Gasteiger partial charge in [0.1, 0.15) is 5.82 Å². The van der Waals surface area contributed by atoms with Crippen LogP contribution in [-0.4, -0.2) is 18.8 Å². The normalized spacial score (nSPS) is 32.8. The Morgan fingerprint density at radius 2 is 2.22 bits per heavy atom. The van der Waals surface area contributed by atoms with Crippen molar-refractivity contribution in [1.82, 2.24) is 0 Å². The number of halogens is 2. The number of anilines is 1. The first-order valence-electron chi connectivity index (χ1n) is 6.33. The van der Waals surface area contributed by atoms with E-state index in [9.17, 15) is 4.39 Å². The predicted octanol–water partition coefficient (Wildman–Crippen LogP) is 3.81. The van der Waals surface area contributed by atoms with E-state index in [0.29, 0.717) is 17.7 Å². The van der Waals surface area contributed by atoms with Crippen LogP contribution in [0, 0.1) is 17.2 Å². The lowest BCUT2D eigenvalue weighted by atomic mass is 9.57. The summed E-state index contributed by atoms with van der Waals surface area (Å²) in [5.41, 5.74) is 0.642. The molecular formula is C14H17BrFNO. The van der Waals surface area contributed by atoms with Gasteiger partial charge in [-0.05, 0) is 24.6 Å². The van der Waals surface area contributed by atoms with E-state index in [0.717, 1.165) is 17.5 Å². The fourth-order valence-electron chi connectivity index (χ4n) is 3.39. The predicted molar refractivity (Wildman–Crippen MR) is 73.1 cm³/mol. The van der Waals surface area contributed by atoms with Crippen molar-refractivity contribution in [3.05, 3.63) is 28.5 Å². The molecule has 0 amide bonds. The van der Waals surface area contributed by atoms with Crippen molar-refractivity contribution in [2.45, 2.75) is 32.4 Å². The summed E-state index contributed by atoms with van der Waals surface area (Å²) in [7, 11) is 0. The smallest absolute Gasteiger partial charge is 0.146 e. The first-order valence-corrected chi connectivity index (χ1v) is 7.12. The molecule has 2 nitrogen and oxygen atoms in total. The molecule has 3 unspecified atom stereocenters. The van der Waals surface area contributed by atoms with E-state index in [1.807, 2.05) is 0 Å². The second-order valence-electron chi connectivity index (χ2n) is 5.81. The number of hydrogen-bond acceptors (Lipinski definition) is 2. The van der Waals surface area contributed by atoms with Crippen molar-refractivity contribution in [2.24, 2.45) is 11.3 Å². The minimum absolute atomic E-state index is 0.0654. The van der Waals surface area contributed by atoms with Gasteiger partial charge in [0.05, 0.1) is 11.8 Å². The van der Waals surface area contributed by atoms with Gasteiger partial charge in [0, 0.05) is 28.5 Å². The molecule has 1 heterocycles. The second kappa shape index (κ2) is 4.20. The van der Waals surface area contributed by atoms with Gasteiger partial charge in [0.2, 0.25) is 0 Å². The monoisotopic (exact) mass is 313 g/mol. The molecule has 1 saturated carbocycles. The molecule has 18 heavy (non-hydrogen) atoms. The number of fused-ring (bicyclic) bond motifs is 1. The van der Waals surface area contributed by atoms with Crippen LogP contribution in [0.2, 0.25) is 0 Å². The molecular weight excluding hydrogens is 297 g/mol. The van der Waals surface area contributed by atoms with Crippen LogP contribution in [0.5, 0.6) is 0 Å². The Hall–Kier alpha value is -0.610. The Morgan fingerprint density at radius 1 is 1.44 bits per heavy atom. The molecule has 1 aliphatic carbocycles. The first-order chi connectivity index (χ1) is 8.50. The summed E-state index contributed by atoms with van der Waals surface area (Å²) in [4.78, 5) is 0. The highest BCUT2D eigenvalue weighted by atomic mass is 79.9. The third-order valence-electron chi connectivity index (χ3n) is 4.34. The van der Waals surface area contributed by atoms with Gasteiger partial charge in [-0.3, -0.25) is 0 Å². The summed E-state index contributed by atoms with van der Waals surface area (Å²) >= 11 is 3.38. The Labute approximate surface area is 115 Å². The molecule has 1 saturated heterocycles. The molecule has 3 atom stereocenters. The van der Waals surface area contributed by atoms with E-state index >= 15 is 0 Å². The maximum Gasteiger partial charge on any atom is 0.146 e. The summed E-state index contributed by atoms with van der Waals surface area (Å²) in [6.45, 7) is 5.21. The van der Waals surface area contributed by atoms with Crippen LogP contribution in [0.15, 0.2) is 22.7 Å². The van der Waals surface area contributed by atoms with Crippen molar-refractivity contribution in [2.75, 3.05) is 11.9 Å². The summed E-state index contributed by atoms with van der Waals surface area (Å²) in [5.74, 6) is 0.315. The highest BCUT2D eigenvalue weighted by Crippen LogP contribution is 2.53. The molecule has 2 fully saturated rings. The number of ether oxygens (including phenoxy) is 1. The minimum Gasteiger partial charge on any atom is -0.379 e. The Kier molecular flexibility index (Phi) is 2.90. The Balaban J connectivity index is 1.82. The highest BCUT2D eigenvalue weighted by Gasteiger charge is 2.59. The van der Waals surface area contributed by atoms with Gasteiger partial charge in [0.25, 0.3) is 0 Å². The molecule has 0 radical (unpaired) electrons. The van der Waals surface area contributed by atoms with Crippen LogP contribution in [-0.2, 0) is 4.74 Å². The van der Waals surface area contributed by atoms with Gasteiger partial charge < -0.3 is 10.1 Å². The summed E-state index contributed by atoms with van der Waals surface area (Å²) in [5, 5.41) is 3.36. The van der Waals surface area contributed by atoms with Crippen molar-refractivity contribution < 1.29 is 9.13 Å². The molecule has 0 spiro atoms. The van der Waals surface area contributed by atoms with E-state index in [1.54, 1.807) is 12.1 Å². The third kappa shape index (κ3) is 1.77. The van der Waals surface area contributed by atoms with E-state index in [-0.39, 0.29) is 17.3 Å². The average molecular weight is 314 g/mol. The van der Waals surface area contributed by atoms with Crippen molar-refractivity contribution in [3.8, 4) is 0 Å². The van der Waals surface area contributed by atoms with E-state index in [1.165, 1.54) is 6.07 Å². The maximum atomic E-state index is 13.8. The number of benzene rings is 1. The van der Waals surface area contributed by atoms with Crippen molar-refractivity contribution in [1.29, 1.82) is 0 Å². The average Bonchev–Trinajstić information content (AvgIpc) is 2.77. The second-order valence-corrected chi connectivity index (χ2v) is 6.73. The van der Waals surface area contributed by atoms with Crippen LogP contribution in [0.4, 0.5) is 10.1 Å². The summed E-state index contributed by atoms with van der Waals surface area (Å²) < 4.78 is 20.4. The van der Waals surface area contributed by atoms with Gasteiger partial charge in [-0.1, -0.05) is 29.8 Å². The fourth-order valence-corrected chi connectivity index (χ4v) is 3.75. The van der Waals surface area contributed by atoms with Crippen molar-refractivity contribution >= 4 is 21.6 Å². The van der Waals surface area contributed by atoms with Crippen LogP contribution < -0.4 is 5.32 Å². The van der Waals surface area contributed by atoms with Gasteiger partial charge in [-0.25, -0.2) is 4.39 Å². The Bertz CT molecular complexity index is 477. The lowest BCUT2D eigenvalue weighted by Gasteiger charge is -2.55. The molecule has 1 aromatic carbocycles. The zero-order chi connectivity index (χ0) is 12.9. The van der Waals surface area contributed by atoms with E-state index in [2.05, 4.69) is 35.1 Å². The van der Waals surface area contributed by atoms with Crippen LogP contribution in [0.3, 0.4) is 0 Å². The molecule has 1 aliphatic heterocycles. The van der Waals surface area contributed by atoms with E-state index in [4.69, 9.17) is 4.74 Å². The topological polar surface area (TPSA) is 21.3 Å². The molecule has 1 aromatic rings. The van der Waals surface area contributed by atoms with E-state index < -0.39 is 0 Å². The molecule has 0 bridgehead atoms. The van der Waals surface area contributed by atoms with Gasteiger partial charge in [-0.15, -0.1) is 0 Å². The quantitative estimate of drug-likeness (QED) is 0.896. The van der Waals surface area contributed by atoms with Crippen LogP contribution in [0.25, 0.3) is 0 Å². The molecule has 4 heteroatoms. The molecule has 1 N–H and O–H groups in total. The van der Waals surface area contributed by atoms with Gasteiger partial charge in [0.15, 0.2) is 0 Å². The van der Waals surface area contributed by atoms with Gasteiger partial charge in [-0.2, -0.15) is 0 Å².